The van der Waals surface area contributed by atoms with Crippen LogP contribution < -0.4 is 0 Å². The maximum atomic E-state index is 13.8. The lowest BCUT2D eigenvalue weighted by Crippen LogP contribution is -2.51. The van der Waals surface area contributed by atoms with Gasteiger partial charge in [0.15, 0.2) is 0 Å². The minimum absolute atomic E-state index is 0.0922. The van der Waals surface area contributed by atoms with Crippen molar-refractivity contribution in [2.45, 2.75) is 32.5 Å². The first-order valence-corrected chi connectivity index (χ1v) is 6.75. The fourth-order valence-corrected chi connectivity index (χ4v) is 2.28. The van der Waals surface area contributed by atoms with E-state index in [4.69, 9.17) is 9.47 Å². The van der Waals surface area contributed by atoms with Gasteiger partial charge in [-0.15, -0.1) is 0 Å². The Morgan fingerprint density at radius 2 is 2.10 bits per heavy atom. The van der Waals surface area contributed by atoms with Crippen molar-refractivity contribution >= 4 is 11.9 Å². The summed E-state index contributed by atoms with van der Waals surface area (Å²) in [6, 6.07) is 5.66. The largest absolute Gasteiger partial charge is 0.463 e. The Morgan fingerprint density at radius 3 is 2.71 bits per heavy atom. The molecule has 0 aromatic heterocycles. The monoisotopic (exact) mass is 295 g/mol. The van der Waals surface area contributed by atoms with Crippen molar-refractivity contribution in [3.8, 4) is 0 Å². The van der Waals surface area contributed by atoms with Crippen molar-refractivity contribution in [1.82, 2.24) is 4.90 Å². The van der Waals surface area contributed by atoms with Crippen LogP contribution >= 0.6 is 0 Å². The van der Waals surface area contributed by atoms with E-state index in [0.29, 0.717) is 0 Å². The van der Waals surface area contributed by atoms with Crippen LogP contribution in [-0.4, -0.2) is 41.8 Å². The molecule has 0 spiro atoms. The zero-order valence-corrected chi connectivity index (χ0v) is 12.3. The highest BCUT2D eigenvalue weighted by atomic mass is 19.1. The molecular weight excluding hydrogens is 277 g/mol. The Kier molecular flexibility index (Phi) is 4.27. The van der Waals surface area contributed by atoms with Gasteiger partial charge in [-0.05, 0) is 32.9 Å². The molecule has 1 unspecified atom stereocenters. The minimum Gasteiger partial charge on any atom is -0.463 e. The summed E-state index contributed by atoms with van der Waals surface area (Å²) in [7, 11) is 0. The van der Waals surface area contributed by atoms with Crippen molar-refractivity contribution in [3.05, 3.63) is 35.6 Å². The smallest absolute Gasteiger partial charge is 0.356 e. The van der Waals surface area contributed by atoms with E-state index in [1.807, 2.05) is 0 Å². The second kappa shape index (κ2) is 5.81. The van der Waals surface area contributed by atoms with Gasteiger partial charge in [-0.1, -0.05) is 12.1 Å². The third-order valence-electron chi connectivity index (χ3n) is 3.29. The number of halogens is 1. The second-order valence-corrected chi connectivity index (χ2v) is 5.38. The van der Waals surface area contributed by atoms with Crippen molar-refractivity contribution in [2.24, 2.45) is 0 Å². The third kappa shape index (κ3) is 2.90. The lowest BCUT2D eigenvalue weighted by Gasteiger charge is -2.32. The number of hydrogen-bond acceptors (Lipinski definition) is 4. The van der Waals surface area contributed by atoms with Crippen LogP contribution in [0.25, 0.3) is 0 Å². The summed E-state index contributed by atoms with van der Waals surface area (Å²) in [5, 5.41) is 0. The number of benzene rings is 1. The number of carbonyl (C=O) groups excluding carboxylic acids is 2. The summed E-state index contributed by atoms with van der Waals surface area (Å²) in [5.74, 6) is -1.87. The lowest BCUT2D eigenvalue weighted by molar-refractivity contribution is -0.159. The summed E-state index contributed by atoms with van der Waals surface area (Å²) in [6.07, 6.45) is -1.15. The zero-order chi connectivity index (χ0) is 15.6. The van der Waals surface area contributed by atoms with Gasteiger partial charge >= 0.3 is 5.97 Å². The van der Waals surface area contributed by atoms with Crippen molar-refractivity contribution in [2.75, 3.05) is 13.2 Å². The van der Waals surface area contributed by atoms with Gasteiger partial charge in [0, 0.05) is 0 Å². The molecule has 1 aliphatic heterocycles. The number of hydrogen-bond donors (Lipinski definition) is 0. The highest BCUT2D eigenvalue weighted by molar-refractivity contribution is 5.97. The van der Waals surface area contributed by atoms with Crippen LogP contribution in [0, 0.1) is 5.82 Å². The van der Waals surface area contributed by atoms with Crippen LogP contribution in [0.1, 0.15) is 31.1 Å². The van der Waals surface area contributed by atoms with Crippen LogP contribution in [0.4, 0.5) is 4.39 Å². The Hall–Kier alpha value is -1.95. The predicted molar refractivity (Wildman–Crippen MR) is 73.0 cm³/mol. The van der Waals surface area contributed by atoms with Crippen LogP contribution in [-0.2, 0) is 14.3 Å². The van der Waals surface area contributed by atoms with E-state index < -0.39 is 29.5 Å². The summed E-state index contributed by atoms with van der Waals surface area (Å²) >= 11 is 0. The summed E-state index contributed by atoms with van der Waals surface area (Å²) in [4.78, 5) is 25.8. The van der Waals surface area contributed by atoms with Gasteiger partial charge in [-0.25, -0.2) is 9.18 Å². The zero-order valence-electron chi connectivity index (χ0n) is 12.3. The average molecular weight is 295 g/mol. The fourth-order valence-electron chi connectivity index (χ4n) is 2.28. The Labute approximate surface area is 122 Å². The number of amides is 1. The molecule has 1 aromatic rings. The predicted octanol–water partition coefficient (Wildman–Crippen LogP) is 1.97. The lowest BCUT2D eigenvalue weighted by atomic mass is 10.0. The van der Waals surface area contributed by atoms with E-state index in [0.717, 1.165) is 0 Å². The minimum atomic E-state index is -1.15. The highest BCUT2D eigenvalue weighted by Gasteiger charge is 2.48. The molecule has 0 saturated carbocycles. The van der Waals surface area contributed by atoms with Gasteiger partial charge < -0.3 is 9.47 Å². The van der Waals surface area contributed by atoms with Gasteiger partial charge in [-0.3, -0.25) is 9.69 Å². The molecule has 0 radical (unpaired) electrons. The topological polar surface area (TPSA) is 55.8 Å². The number of esters is 1. The van der Waals surface area contributed by atoms with Crippen LogP contribution in [0.3, 0.4) is 0 Å². The Bertz CT molecular complexity index is 558. The van der Waals surface area contributed by atoms with Gasteiger partial charge in [0.2, 0.25) is 6.23 Å². The SMILES string of the molecule is CCOC(=O)C1OCC(C)(C)N1C(=O)c1ccccc1F. The van der Waals surface area contributed by atoms with E-state index in [-0.39, 0.29) is 18.8 Å². The number of rotatable bonds is 3. The molecule has 1 atom stereocenters. The third-order valence-corrected chi connectivity index (χ3v) is 3.29. The van der Waals surface area contributed by atoms with E-state index >= 15 is 0 Å². The molecule has 1 aliphatic rings. The van der Waals surface area contributed by atoms with Gasteiger partial charge in [0.1, 0.15) is 5.82 Å². The molecule has 1 saturated heterocycles. The maximum absolute atomic E-state index is 13.8. The fraction of sp³-hybridized carbons (Fsp3) is 0.467. The first kappa shape index (κ1) is 15.4. The van der Waals surface area contributed by atoms with Crippen molar-refractivity contribution in [1.29, 1.82) is 0 Å². The van der Waals surface area contributed by atoms with E-state index in [1.54, 1.807) is 26.8 Å². The van der Waals surface area contributed by atoms with Gasteiger partial charge in [-0.2, -0.15) is 0 Å². The molecule has 6 heteroatoms. The molecule has 1 aromatic carbocycles. The van der Waals surface area contributed by atoms with Crippen LogP contribution in [0.2, 0.25) is 0 Å². The standard InChI is InChI=1S/C15H18FNO4/c1-4-20-14(19)13-17(15(2,3)9-21-13)12(18)10-7-5-6-8-11(10)16/h5-8,13H,4,9H2,1-3H3. The van der Waals surface area contributed by atoms with Gasteiger partial charge in [0.05, 0.1) is 24.3 Å². The quantitative estimate of drug-likeness (QED) is 0.800. The summed E-state index contributed by atoms with van der Waals surface area (Å²) in [5.41, 5.74) is -0.818. The molecule has 5 nitrogen and oxygen atoms in total. The van der Waals surface area contributed by atoms with Gasteiger partial charge in [0.25, 0.3) is 5.91 Å². The average Bonchev–Trinajstić information content (AvgIpc) is 2.74. The molecule has 0 aliphatic carbocycles. The summed E-state index contributed by atoms with van der Waals surface area (Å²) < 4.78 is 24.1. The van der Waals surface area contributed by atoms with E-state index in [9.17, 15) is 14.0 Å². The molecule has 21 heavy (non-hydrogen) atoms. The number of ether oxygens (including phenoxy) is 2. The van der Waals surface area contributed by atoms with Crippen molar-refractivity contribution < 1.29 is 23.5 Å². The summed E-state index contributed by atoms with van der Waals surface area (Å²) in [6.45, 7) is 5.54. The Morgan fingerprint density at radius 1 is 1.43 bits per heavy atom. The normalized spacial score (nSPS) is 20.4. The van der Waals surface area contributed by atoms with Crippen molar-refractivity contribution in [3.63, 3.8) is 0 Å². The van der Waals surface area contributed by atoms with Crippen LogP contribution in [0.15, 0.2) is 24.3 Å². The molecule has 1 heterocycles. The molecule has 0 N–H and O–H groups in total. The molecule has 114 valence electrons. The molecule has 1 fully saturated rings. The van der Waals surface area contributed by atoms with Crippen LogP contribution in [0.5, 0.6) is 0 Å². The molecule has 0 bridgehead atoms. The highest BCUT2D eigenvalue weighted by Crippen LogP contribution is 2.30. The first-order valence-electron chi connectivity index (χ1n) is 6.75. The molecular formula is C15H18FNO4. The second-order valence-electron chi connectivity index (χ2n) is 5.38. The Balaban J connectivity index is 2.35. The maximum Gasteiger partial charge on any atom is 0.356 e. The molecule has 1 amide bonds. The van der Waals surface area contributed by atoms with E-state index in [1.165, 1.54) is 23.1 Å². The number of nitrogens with zero attached hydrogens (tertiary/aromatic N) is 1. The number of carbonyl (C=O) groups is 2. The first-order chi connectivity index (χ1) is 9.88. The molecule has 2 rings (SSSR count). The van der Waals surface area contributed by atoms with E-state index in [2.05, 4.69) is 0 Å².